The van der Waals surface area contributed by atoms with Crippen LogP contribution in [0.1, 0.15) is 22.8 Å². The molecular formula is C21H20ClN3O2. The Kier molecular flexibility index (Phi) is 6.28. The number of ether oxygens (including phenoxy) is 1. The summed E-state index contributed by atoms with van der Waals surface area (Å²) in [5, 5.41) is 6.83. The van der Waals surface area contributed by atoms with Gasteiger partial charge in [0.25, 0.3) is 5.91 Å². The summed E-state index contributed by atoms with van der Waals surface area (Å²) < 4.78 is 5.54. The predicted octanol–water partition coefficient (Wildman–Crippen LogP) is 5.00. The zero-order chi connectivity index (χ0) is 19.1. The van der Waals surface area contributed by atoms with E-state index in [1.54, 1.807) is 18.3 Å². The van der Waals surface area contributed by atoms with Crippen molar-refractivity contribution in [1.82, 2.24) is 4.98 Å². The molecule has 1 amide bonds. The molecule has 0 aliphatic carbocycles. The van der Waals surface area contributed by atoms with Gasteiger partial charge in [0.15, 0.2) is 0 Å². The summed E-state index contributed by atoms with van der Waals surface area (Å²) in [6.45, 7) is 3.04. The Morgan fingerprint density at radius 1 is 1.11 bits per heavy atom. The smallest absolute Gasteiger partial charge is 0.257 e. The van der Waals surface area contributed by atoms with Crippen LogP contribution in [0.2, 0.25) is 5.02 Å². The third kappa shape index (κ3) is 5.21. The van der Waals surface area contributed by atoms with Crippen LogP contribution in [0.4, 0.5) is 11.4 Å². The number of hydrogen-bond acceptors (Lipinski definition) is 4. The molecule has 0 aliphatic rings. The lowest BCUT2D eigenvalue weighted by Crippen LogP contribution is -2.13. The number of carbonyl (C=O) groups excluding carboxylic acids is 1. The van der Waals surface area contributed by atoms with Crippen molar-refractivity contribution in [3.05, 3.63) is 83.1 Å². The summed E-state index contributed by atoms with van der Waals surface area (Å²) in [6, 6.07) is 16.7. The quantitative estimate of drug-likeness (QED) is 0.604. The number of amides is 1. The summed E-state index contributed by atoms with van der Waals surface area (Å²) in [4.78, 5) is 16.7. The van der Waals surface area contributed by atoms with Gasteiger partial charge in [0.05, 0.1) is 23.5 Å². The summed E-state index contributed by atoms with van der Waals surface area (Å²) in [5.41, 5.74) is 2.93. The normalized spacial score (nSPS) is 10.3. The lowest BCUT2D eigenvalue weighted by molar-refractivity contribution is 0.102. The van der Waals surface area contributed by atoms with E-state index < -0.39 is 0 Å². The molecule has 0 bridgehead atoms. The Morgan fingerprint density at radius 2 is 1.89 bits per heavy atom. The largest absolute Gasteiger partial charge is 0.492 e. The number of benzene rings is 2. The maximum atomic E-state index is 12.6. The third-order valence-electron chi connectivity index (χ3n) is 3.85. The van der Waals surface area contributed by atoms with Gasteiger partial charge in [-0.3, -0.25) is 9.78 Å². The minimum absolute atomic E-state index is 0.246. The average molecular weight is 382 g/mol. The van der Waals surface area contributed by atoms with Crippen LogP contribution >= 0.6 is 11.6 Å². The van der Waals surface area contributed by atoms with E-state index in [9.17, 15) is 4.79 Å². The number of rotatable bonds is 7. The molecule has 0 spiro atoms. The highest BCUT2D eigenvalue weighted by atomic mass is 35.5. The molecular weight excluding hydrogens is 362 g/mol. The molecule has 1 aromatic heterocycles. The molecule has 6 heteroatoms. The van der Waals surface area contributed by atoms with Crippen LogP contribution in [0.25, 0.3) is 0 Å². The van der Waals surface area contributed by atoms with E-state index in [1.165, 1.54) is 6.20 Å². The summed E-state index contributed by atoms with van der Waals surface area (Å²) >= 11 is 5.90. The van der Waals surface area contributed by atoms with Crippen molar-refractivity contribution in [1.29, 1.82) is 0 Å². The van der Waals surface area contributed by atoms with E-state index in [-0.39, 0.29) is 5.91 Å². The van der Waals surface area contributed by atoms with Gasteiger partial charge in [0.2, 0.25) is 0 Å². The first kappa shape index (κ1) is 18.7. The lowest BCUT2D eigenvalue weighted by Gasteiger charge is -2.12. The Morgan fingerprint density at radius 3 is 2.67 bits per heavy atom. The number of nitrogens with zero attached hydrogens (tertiary/aromatic N) is 1. The van der Waals surface area contributed by atoms with Crippen LogP contribution in [0.15, 0.2) is 67.0 Å². The monoisotopic (exact) mass is 381 g/mol. The van der Waals surface area contributed by atoms with Gasteiger partial charge in [-0.05, 0) is 42.8 Å². The van der Waals surface area contributed by atoms with Crippen LogP contribution in [0.3, 0.4) is 0 Å². The minimum atomic E-state index is -0.246. The Bertz CT molecular complexity index is 913. The number of carbonyl (C=O) groups is 1. The first-order valence-corrected chi connectivity index (χ1v) is 9.00. The van der Waals surface area contributed by atoms with Crippen molar-refractivity contribution >= 4 is 28.9 Å². The summed E-state index contributed by atoms with van der Waals surface area (Å²) in [6.07, 6.45) is 3.22. The van der Waals surface area contributed by atoms with Gasteiger partial charge in [0.1, 0.15) is 5.75 Å². The van der Waals surface area contributed by atoms with Crippen LogP contribution in [-0.4, -0.2) is 17.5 Å². The number of hydrogen-bond donors (Lipinski definition) is 2. The molecule has 2 N–H and O–H groups in total. The second-order valence-corrected chi connectivity index (χ2v) is 6.26. The number of para-hydroxylation sites is 2. The molecule has 0 saturated heterocycles. The van der Waals surface area contributed by atoms with Crippen LogP contribution in [0, 0.1) is 0 Å². The van der Waals surface area contributed by atoms with Crippen molar-refractivity contribution in [3.63, 3.8) is 0 Å². The fourth-order valence-corrected chi connectivity index (χ4v) is 2.64. The third-order valence-corrected chi connectivity index (χ3v) is 4.10. The van der Waals surface area contributed by atoms with Gasteiger partial charge in [-0.2, -0.15) is 0 Å². The molecule has 3 rings (SSSR count). The fourth-order valence-electron chi connectivity index (χ4n) is 2.51. The molecule has 1 heterocycles. The topological polar surface area (TPSA) is 63.2 Å². The van der Waals surface area contributed by atoms with Gasteiger partial charge in [0, 0.05) is 24.0 Å². The average Bonchev–Trinajstić information content (AvgIpc) is 2.69. The highest BCUT2D eigenvalue weighted by molar-refractivity contribution is 6.30. The first-order valence-electron chi connectivity index (χ1n) is 8.62. The summed E-state index contributed by atoms with van der Waals surface area (Å²) in [7, 11) is 0. The zero-order valence-corrected chi connectivity index (χ0v) is 15.7. The van der Waals surface area contributed by atoms with E-state index in [2.05, 4.69) is 15.6 Å². The minimum Gasteiger partial charge on any atom is -0.492 e. The molecule has 0 saturated carbocycles. The van der Waals surface area contributed by atoms with Crippen molar-refractivity contribution in [2.75, 3.05) is 17.2 Å². The number of aromatic nitrogens is 1. The Labute approximate surface area is 163 Å². The van der Waals surface area contributed by atoms with Gasteiger partial charge < -0.3 is 15.4 Å². The molecule has 3 aromatic rings. The second-order valence-electron chi connectivity index (χ2n) is 5.83. The molecule has 5 nitrogen and oxygen atoms in total. The molecule has 0 fully saturated rings. The number of pyridine rings is 1. The van der Waals surface area contributed by atoms with Crippen molar-refractivity contribution in [2.45, 2.75) is 13.5 Å². The Balaban J connectivity index is 1.67. The SMILES string of the molecule is CCOc1ccccc1NC(=O)c1cncc(NCc2ccc(Cl)cc2)c1. The fraction of sp³-hybridized carbons (Fsp3) is 0.143. The number of halogens is 1. The predicted molar refractivity (Wildman–Crippen MR) is 109 cm³/mol. The van der Waals surface area contributed by atoms with E-state index in [4.69, 9.17) is 16.3 Å². The molecule has 0 aliphatic heterocycles. The number of anilines is 2. The van der Waals surface area contributed by atoms with Gasteiger partial charge in [-0.1, -0.05) is 35.9 Å². The van der Waals surface area contributed by atoms with Gasteiger partial charge in [-0.25, -0.2) is 0 Å². The van der Waals surface area contributed by atoms with Crippen LogP contribution in [0.5, 0.6) is 5.75 Å². The molecule has 0 atom stereocenters. The molecule has 2 aromatic carbocycles. The maximum absolute atomic E-state index is 12.6. The lowest BCUT2D eigenvalue weighted by atomic mass is 10.2. The van der Waals surface area contributed by atoms with E-state index in [1.807, 2.05) is 49.4 Å². The number of nitrogens with one attached hydrogen (secondary N) is 2. The Hall–Kier alpha value is -3.05. The zero-order valence-electron chi connectivity index (χ0n) is 14.9. The first-order chi connectivity index (χ1) is 13.2. The summed E-state index contributed by atoms with van der Waals surface area (Å²) in [5.74, 6) is 0.392. The highest BCUT2D eigenvalue weighted by Gasteiger charge is 2.10. The van der Waals surface area contributed by atoms with Crippen LogP contribution in [-0.2, 0) is 6.54 Å². The van der Waals surface area contributed by atoms with Crippen molar-refractivity contribution in [3.8, 4) is 5.75 Å². The van der Waals surface area contributed by atoms with Crippen molar-refractivity contribution in [2.24, 2.45) is 0 Å². The molecule has 0 unspecified atom stereocenters. The molecule has 27 heavy (non-hydrogen) atoms. The molecule has 138 valence electrons. The molecule has 0 radical (unpaired) electrons. The van der Waals surface area contributed by atoms with Crippen LogP contribution < -0.4 is 15.4 Å². The standard InChI is InChI=1S/C21H20ClN3O2/c1-2-27-20-6-4-3-5-19(20)25-21(26)16-11-18(14-23-13-16)24-12-15-7-9-17(22)10-8-15/h3-11,13-14,24H,2,12H2,1H3,(H,25,26). The van der Waals surface area contributed by atoms with Gasteiger partial charge in [-0.15, -0.1) is 0 Å². The van der Waals surface area contributed by atoms with E-state index in [0.717, 1.165) is 11.3 Å². The highest BCUT2D eigenvalue weighted by Crippen LogP contribution is 2.24. The maximum Gasteiger partial charge on any atom is 0.257 e. The second kappa shape index (κ2) is 9.05. The van der Waals surface area contributed by atoms with E-state index in [0.29, 0.717) is 35.2 Å². The van der Waals surface area contributed by atoms with E-state index >= 15 is 0 Å². The van der Waals surface area contributed by atoms with Crippen molar-refractivity contribution < 1.29 is 9.53 Å². The van der Waals surface area contributed by atoms with Gasteiger partial charge >= 0.3 is 0 Å².